The molecule has 0 radical (unpaired) electrons. The van der Waals surface area contributed by atoms with Crippen LogP contribution in [-0.4, -0.2) is 21.3 Å². The first kappa shape index (κ1) is 17.6. The topological polar surface area (TPSA) is 27.7 Å². The minimum absolute atomic E-state index is 0.0409. The molecule has 2 aromatic carbocycles. The van der Waals surface area contributed by atoms with Gasteiger partial charge >= 0.3 is 0 Å². The Morgan fingerprint density at radius 1 is 0.792 bits per heavy atom. The van der Waals surface area contributed by atoms with E-state index in [1.165, 1.54) is 33.5 Å². The highest BCUT2D eigenvalue weighted by Crippen LogP contribution is 2.37. The number of hydrogen-bond acceptors (Lipinski definition) is 3. The first-order valence-electron chi connectivity index (χ1n) is 7.19. The lowest BCUT2D eigenvalue weighted by molar-refractivity contribution is 0.0175. The minimum Gasteiger partial charge on any atom is -0.493 e. The summed E-state index contributed by atoms with van der Waals surface area (Å²) in [5.74, 6) is 4.53. The lowest BCUT2D eigenvalue weighted by Crippen LogP contribution is -2.06. The molecule has 0 atom stereocenters. The van der Waals surface area contributed by atoms with Crippen molar-refractivity contribution in [1.29, 1.82) is 0 Å². The van der Waals surface area contributed by atoms with E-state index < -0.39 is 5.92 Å². The molecule has 3 nitrogen and oxygen atoms in total. The van der Waals surface area contributed by atoms with Gasteiger partial charge in [0.05, 0.1) is 21.3 Å². The van der Waals surface area contributed by atoms with Crippen molar-refractivity contribution in [2.45, 2.75) is 12.8 Å². The van der Waals surface area contributed by atoms with Crippen LogP contribution in [0.25, 0.3) is 0 Å². The fourth-order valence-electron chi connectivity index (χ4n) is 2.14. The van der Waals surface area contributed by atoms with Crippen LogP contribution in [0.3, 0.4) is 0 Å². The Bertz CT molecular complexity index is 741. The Morgan fingerprint density at radius 2 is 1.29 bits per heavy atom. The smallest absolute Gasteiger partial charge is 0.270 e. The van der Waals surface area contributed by atoms with Crippen LogP contribution in [0.4, 0.5) is 8.78 Å². The zero-order valence-electron chi connectivity index (χ0n) is 13.9. The summed E-state index contributed by atoms with van der Waals surface area (Å²) in [6.45, 7) is 0.865. The van der Waals surface area contributed by atoms with Crippen molar-refractivity contribution in [3.05, 3.63) is 53.1 Å². The van der Waals surface area contributed by atoms with Crippen molar-refractivity contribution in [1.82, 2.24) is 0 Å². The maximum Gasteiger partial charge on any atom is 0.270 e. The summed E-state index contributed by atoms with van der Waals surface area (Å²) in [4.78, 5) is 0. The quantitative estimate of drug-likeness (QED) is 0.785. The number of hydrogen-bond donors (Lipinski definition) is 0. The Balaban J connectivity index is 2.34. The van der Waals surface area contributed by atoms with Gasteiger partial charge in [-0.15, -0.1) is 0 Å². The van der Waals surface area contributed by atoms with Gasteiger partial charge in [0.2, 0.25) is 5.75 Å². The van der Waals surface area contributed by atoms with Gasteiger partial charge in [-0.05, 0) is 24.3 Å². The molecule has 24 heavy (non-hydrogen) atoms. The molecule has 2 rings (SSSR count). The molecule has 2 aromatic rings. The van der Waals surface area contributed by atoms with Crippen molar-refractivity contribution >= 4 is 0 Å². The summed E-state index contributed by atoms with van der Waals surface area (Å²) < 4.78 is 42.2. The zero-order chi connectivity index (χ0) is 17.7. The average molecular weight is 332 g/mol. The summed E-state index contributed by atoms with van der Waals surface area (Å²) in [7, 11) is 4.58. The minimum atomic E-state index is -2.86. The second kappa shape index (κ2) is 7.22. The SMILES string of the molecule is COc1cc(C#Cc2ccc(C(C)(F)F)cc2)cc(OC)c1OC. The number of ether oxygens (including phenoxy) is 3. The van der Waals surface area contributed by atoms with E-state index in [1.54, 1.807) is 24.3 Å². The van der Waals surface area contributed by atoms with Crippen LogP contribution >= 0.6 is 0 Å². The van der Waals surface area contributed by atoms with Gasteiger partial charge in [-0.25, -0.2) is 8.78 Å². The third-order valence-corrected chi connectivity index (χ3v) is 3.41. The van der Waals surface area contributed by atoms with E-state index in [-0.39, 0.29) is 5.56 Å². The second-order valence-electron chi connectivity index (χ2n) is 5.13. The van der Waals surface area contributed by atoms with Crippen LogP contribution in [0.15, 0.2) is 36.4 Å². The number of halogens is 2. The number of rotatable bonds is 4. The standard InChI is InChI=1S/C19H18F2O3/c1-19(20,21)15-9-7-13(8-10-15)5-6-14-11-16(22-2)18(24-4)17(12-14)23-3/h7-12H,1-4H3. The molecular weight excluding hydrogens is 314 g/mol. The molecule has 0 saturated heterocycles. The van der Waals surface area contributed by atoms with E-state index in [4.69, 9.17) is 14.2 Å². The molecule has 0 heterocycles. The molecule has 0 fully saturated rings. The Hall–Kier alpha value is -2.74. The highest BCUT2D eigenvalue weighted by Gasteiger charge is 2.23. The number of benzene rings is 2. The van der Waals surface area contributed by atoms with E-state index in [1.807, 2.05) is 0 Å². The van der Waals surface area contributed by atoms with Crippen molar-refractivity contribution in [2.24, 2.45) is 0 Å². The molecule has 0 aliphatic rings. The summed E-state index contributed by atoms with van der Waals surface area (Å²) in [5.41, 5.74) is 1.26. The fraction of sp³-hybridized carbons (Fsp3) is 0.263. The predicted molar refractivity (Wildman–Crippen MR) is 88.1 cm³/mol. The average Bonchev–Trinajstić information content (AvgIpc) is 2.58. The zero-order valence-corrected chi connectivity index (χ0v) is 13.9. The van der Waals surface area contributed by atoms with Gasteiger partial charge in [0.15, 0.2) is 11.5 Å². The molecule has 5 heteroatoms. The first-order valence-corrected chi connectivity index (χ1v) is 7.19. The number of methoxy groups -OCH3 is 3. The number of alkyl halides is 2. The van der Waals surface area contributed by atoms with Gasteiger partial charge < -0.3 is 14.2 Å². The highest BCUT2D eigenvalue weighted by atomic mass is 19.3. The monoisotopic (exact) mass is 332 g/mol. The summed E-state index contributed by atoms with van der Waals surface area (Å²) in [5, 5.41) is 0. The molecule has 0 saturated carbocycles. The third kappa shape index (κ3) is 3.96. The van der Waals surface area contributed by atoms with Crippen molar-refractivity contribution in [3.63, 3.8) is 0 Å². The molecule has 0 aliphatic heterocycles. The van der Waals surface area contributed by atoms with Crippen molar-refractivity contribution in [2.75, 3.05) is 21.3 Å². The van der Waals surface area contributed by atoms with Crippen LogP contribution < -0.4 is 14.2 Å². The molecule has 0 aliphatic carbocycles. The molecular formula is C19H18F2O3. The van der Waals surface area contributed by atoms with E-state index in [0.29, 0.717) is 28.4 Å². The summed E-state index contributed by atoms with van der Waals surface area (Å²) >= 11 is 0. The fourth-order valence-corrected chi connectivity index (χ4v) is 2.14. The predicted octanol–water partition coefficient (Wildman–Crippen LogP) is 4.22. The van der Waals surface area contributed by atoms with E-state index in [2.05, 4.69) is 11.8 Å². The van der Waals surface area contributed by atoms with Crippen LogP contribution in [-0.2, 0) is 5.92 Å². The van der Waals surface area contributed by atoms with E-state index in [9.17, 15) is 8.78 Å². The molecule has 0 N–H and O–H groups in total. The van der Waals surface area contributed by atoms with Gasteiger partial charge in [0.1, 0.15) is 0 Å². The lowest BCUT2D eigenvalue weighted by atomic mass is 10.1. The molecule has 0 aromatic heterocycles. The maximum atomic E-state index is 13.2. The first-order chi connectivity index (χ1) is 11.4. The van der Waals surface area contributed by atoms with Crippen LogP contribution in [0, 0.1) is 11.8 Å². The van der Waals surface area contributed by atoms with Gasteiger partial charge in [-0.3, -0.25) is 0 Å². The molecule has 126 valence electrons. The molecule has 0 spiro atoms. The summed E-state index contributed by atoms with van der Waals surface area (Å²) in [6, 6.07) is 9.33. The second-order valence-corrected chi connectivity index (χ2v) is 5.13. The van der Waals surface area contributed by atoms with Gasteiger partial charge in [-0.1, -0.05) is 24.0 Å². The van der Waals surface area contributed by atoms with Gasteiger partial charge in [0.25, 0.3) is 5.92 Å². The molecule has 0 bridgehead atoms. The normalized spacial score (nSPS) is 10.6. The van der Waals surface area contributed by atoms with Gasteiger partial charge in [0, 0.05) is 23.6 Å². The van der Waals surface area contributed by atoms with Gasteiger partial charge in [-0.2, -0.15) is 0 Å². The largest absolute Gasteiger partial charge is 0.493 e. The maximum absolute atomic E-state index is 13.2. The Morgan fingerprint density at radius 3 is 1.71 bits per heavy atom. The molecule has 0 unspecified atom stereocenters. The molecule has 0 amide bonds. The van der Waals surface area contributed by atoms with Crippen molar-refractivity contribution < 1.29 is 23.0 Å². The van der Waals surface area contributed by atoms with Crippen LogP contribution in [0.1, 0.15) is 23.6 Å². The lowest BCUT2D eigenvalue weighted by Gasteiger charge is -2.12. The van der Waals surface area contributed by atoms with Crippen LogP contribution in [0.5, 0.6) is 17.2 Å². The van der Waals surface area contributed by atoms with E-state index >= 15 is 0 Å². The van der Waals surface area contributed by atoms with Crippen LogP contribution in [0.2, 0.25) is 0 Å². The highest BCUT2D eigenvalue weighted by molar-refractivity contribution is 5.58. The third-order valence-electron chi connectivity index (χ3n) is 3.41. The van der Waals surface area contributed by atoms with E-state index in [0.717, 1.165) is 6.92 Å². The van der Waals surface area contributed by atoms with Crippen molar-refractivity contribution in [3.8, 4) is 29.1 Å². The Kier molecular flexibility index (Phi) is 5.30. The summed E-state index contributed by atoms with van der Waals surface area (Å²) in [6.07, 6.45) is 0. The Labute approximate surface area is 140 Å².